The average Bonchev–Trinajstić information content (AvgIpc) is 3.21. The molecule has 0 spiro atoms. The van der Waals surface area contributed by atoms with E-state index in [-0.39, 0.29) is 17.2 Å². The van der Waals surface area contributed by atoms with E-state index < -0.39 is 0 Å². The van der Waals surface area contributed by atoms with Crippen molar-refractivity contribution in [2.75, 3.05) is 18.5 Å². The summed E-state index contributed by atoms with van der Waals surface area (Å²) in [6.07, 6.45) is 4.43. The maximum absolute atomic E-state index is 12.7. The van der Waals surface area contributed by atoms with Crippen LogP contribution in [0.1, 0.15) is 48.3 Å². The van der Waals surface area contributed by atoms with Crippen LogP contribution in [0.25, 0.3) is 11.0 Å². The molecule has 1 aliphatic heterocycles. The van der Waals surface area contributed by atoms with Gasteiger partial charge in [0.1, 0.15) is 5.75 Å². The van der Waals surface area contributed by atoms with Gasteiger partial charge in [-0.2, -0.15) is 5.10 Å². The lowest BCUT2D eigenvalue weighted by atomic mass is 10.0. The quantitative estimate of drug-likeness (QED) is 0.539. The van der Waals surface area contributed by atoms with Crippen LogP contribution in [-0.2, 0) is 24.2 Å². The standard InChI is InChI=1S/C23H29N5O3/c1-3-19-17(13-24-23(30)16-7-5-6-8-20(16)29)21(26-15-9-11-31-12-10-15)18-14-25-28(4-2)22(18)27-19/h5-8,14-15,29H,3-4,9-13H2,1-2H3,(H,24,30)(H,26,27). The second kappa shape index (κ2) is 9.34. The number of fused-ring (bicyclic) bond motifs is 1. The fourth-order valence-corrected chi connectivity index (χ4v) is 4.03. The summed E-state index contributed by atoms with van der Waals surface area (Å²) in [7, 11) is 0. The lowest BCUT2D eigenvalue weighted by Crippen LogP contribution is -2.30. The Morgan fingerprint density at radius 2 is 2.03 bits per heavy atom. The summed E-state index contributed by atoms with van der Waals surface area (Å²) < 4.78 is 7.41. The van der Waals surface area contributed by atoms with Crippen LogP contribution in [0.15, 0.2) is 30.5 Å². The topological polar surface area (TPSA) is 101 Å². The molecule has 0 radical (unpaired) electrons. The number of amides is 1. The SMILES string of the molecule is CCc1nc2c(cnn2CC)c(NC2CCOCC2)c1CNC(=O)c1ccccc1O. The van der Waals surface area contributed by atoms with Crippen LogP contribution in [0.2, 0.25) is 0 Å². The summed E-state index contributed by atoms with van der Waals surface area (Å²) in [6.45, 7) is 6.63. The number of carbonyl (C=O) groups excluding carboxylic acids is 1. The highest BCUT2D eigenvalue weighted by atomic mass is 16.5. The van der Waals surface area contributed by atoms with Gasteiger partial charge in [0.2, 0.25) is 0 Å². The minimum absolute atomic E-state index is 0.0333. The number of nitrogens with zero attached hydrogens (tertiary/aromatic N) is 3. The van der Waals surface area contributed by atoms with Crippen molar-refractivity contribution in [3.8, 4) is 5.75 Å². The fourth-order valence-electron chi connectivity index (χ4n) is 4.03. The van der Waals surface area contributed by atoms with E-state index in [0.717, 1.165) is 67.0 Å². The Labute approximate surface area is 181 Å². The van der Waals surface area contributed by atoms with Gasteiger partial charge in [0.15, 0.2) is 5.65 Å². The summed E-state index contributed by atoms with van der Waals surface area (Å²) in [5, 5.41) is 22.1. The predicted molar refractivity (Wildman–Crippen MR) is 119 cm³/mol. The first-order chi connectivity index (χ1) is 15.1. The Bertz CT molecular complexity index is 1070. The number of nitrogens with one attached hydrogen (secondary N) is 2. The van der Waals surface area contributed by atoms with Crippen molar-refractivity contribution in [2.24, 2.45) is 0 Å². The number of anilines is 1. The first-order valence-corrected chi connectivity index (χ1v) is 10.9. The number of phenolic OH excluding ortho intramolecular Hbond substituents is 1. The van der Waals surface area contributed by atoms with Crippen molar-refractivity contribution in [3.05, 3.63) is 47.3 Å². The fraction of sp³-hybridized carbons (Fsp3) is 0.435. The van der Waals surface area contributed by atoms with Gasteiger partial charge in [-0.3, -0.25) is 4.79 Å². The lowest BCUT2D eigenvalue weighted by Gasteiger charge is -2.26. The maximum Gasteiger partial charge on any atom is 0.255 e. The zero-order chi connectivity index (χ0) is 21.8. The van der Waals surface area contributed by atoms with Crippen LogP contribution in [0.5, 0.6) is 5.75 Å². The largest absolute Gasteiger partial charge is 0.507 e. The highest BCUT2D eigenvalue weighted by Crippen LogP contribution is 2.31. The number of hydrogen-bond acceptors (Lipinski definition) is 6. The number of aromatic nitrogens is 3. The van der Waals surface area contributed by atoms with Gasteiger partial charge in [-0.25, -0.2) is 9.67 Å². The van der Waals surface area contributed by atoms with E-state index in [1.807, 2.05) is 17.8 Å². The average molecular weight is 424 g/mol. The Balaban J connectivity index is 1.70. The van der Waals surface area contributed by atoms with E-state index in [0.29, 0.717) is 12.6 Å². The molecule has 8 nitrogen and oxygen atoms in total. The molecule has 1 saturated heterocycles. The zero-order valence-corrected chi connectivity index (χ0v) is 18.0. The van der Waals surface area contributed by atoms with Gasteiger partial charge in [-0.05, 0) is 38.3 Å². The molecule has 3 aromatic rings. The lowest BCUT2D eigenvalue weighted by molar-refractivity contribution is 0.0904. The molecule has 0 unspecified atom stereocenters. The van der Waals surface area contributed by atoms with Crippen molar-refractivity contribution >= 4 is 22.6 Å². The Hall–Kier alpha value is -3.13. The molecule has 0 bridgehead atoms. The van der Waals surface area contributed by atoms with E-state index in [2.05, 4.69) is 22.7 Å². The Morgan fingerprint density at radius 1 is 1.26 bits per heavy atom. The number of hydrogen-bond donors (Lipinski definition) is 3. The summed E-state index contributed by atoms with van der Waals surface area (Å²) in [5.74, 6) is -0.351. The van der Waals surface area contributed by atoms with Crippen LogP contribution < -0.4 is 10.6 Å². The van der Waals surface area contributed by atoms with E-state index >= 15 is 0 Å². The van der Waals surface area contributed by atoms with Crippen molar-refractivity contribution in [1.82, 2.24) is 20.1 Å². The van der Waals surface area contributed by atoms with E-state index in [1.54, 1.807) is 18.2 Å². The number of para-hydroxylation sites is 1. The van der Waals surface area contributed by atoms with Crippen LogP contribution >= 0.6 is 0 Å². The summed E-state index contributed by atoms with van der Waals surface area (Å²) in [6, 6.07) is 6.84. The molecule has 1 aliphatic rings. The van der Waals surface area contributed by atoms with Gasteiger partial charge >= 0.3 is 0 Å². The summed E-state index contributed by atoms with van der Waals surface area (Å²) in [5.41, 5.74) is 3.97. The van der Waals surface area contributed by atoms with Gasteiger partial charge in [0.25, 0.3) is 5.91 Å². The third-order valence-corrected chi connectivity index (χ3v) is 5.75. The normalized spacial score (nSPS) is 14.6. The highest BCUT2D eigenvalue weighted by molar-refractivity contribution is 5.97. The van der Waals surface area contributed by atoms with Crippen LogP contribution in [-0.4, -0.2) is 45.0 Å². The zero-order valence-electron chi connectivity index (χ0n) is 18.0. The monoisotopic (exact) mass is 423 g/mol. The summed E-state index contributed by atoms with van der Waals surface area (Å²) in [4.78, 5) is 17.6. The Morgan fingerprint density at radius 3 is 2.74 bits per heavy atom. The molecular weight excluding hydrogens is 394 g/mol. The number of pyridine rings is 1. The maximum atomic E-state index is 12.7. The predicted octanol–water partition coefficient (Wildman–Crippen LogP) is 3.24. The Kier molecular flexibility index (Phi) is 6.36. The number of aryl methyl sites for hydroxylation is 2. The molecule has 1 aromatic carbocycles. The number of phenols is 1. The third kappa shape index (κ3) is 4.34. The van der Waals surface area contributed by atoms with Crippen LogP contribution in [0.3, 0.4) is 0 Å². The molecular formula is C23H29N5O3. The van der Waals surface area contributed by atoms with E-state index in [9.17, 15) is 9.90 Å². The van der Waals surface area contributed by atoms with E-state index in [4.69, 9.17) is 9.72 Å². The molecule has 0 atom stereocenters. The minimum Gasteiger partial charge on any atom is -0.507 e. The smallest absolute Gasteiger partial charge is 0.255 e. The molecule has 31 heavy (non-hydrogen) atoms. The molecule has 4 rings (SSSR count). The molecule has 1 fully saturated rings. The minimum atomic E-state index is -0.318. The van der Waals surface area contributed by atoms with Crippen molar-refractivity contribution in [2.45, 2.75) is 52.2 Å². The second-order valence-corrected chi connectivity index (χ2v) is 7.69. The van der Waals surface area contributed by atoms with Gasteiger partial charge in [0.05, 0.1) is 22.8 Å². The van der Waals surface area contributed by atoms with Crippen molar-refractivity contribution in [1.29, 1.82) is 0 Å². The molecule has 8 heteroatoms. The second-order valence-electron chi connectivity index (χ2n) is 7.69. The molecule has 3 heterocycles. The van der Waals surface area contributed by atoms with E-state index in [1.165, 1.54) is 6.07 Å². The highest BCUT2D eigenvalue weighted by Gasteiger charge is 2.22. The number of rotatable bonds is 7. The molecule has 3 N–H and O–H groups in total. The molecule has 2 aromatic heterocycles. The molecule has 1 amide bonds. The molecule has 0 aliphatic carbocycles. The first kappa shape index (κ1) is 21.1. The van der Waals surface area contributed by atoms with Crippen LogP contribution in [0, 0.1) is 0 Å². The number of aromatic hydroxyl groups is 1. The van der Waals surface area contributed by atoms with Gasteiger partial charge in [-0.1, -0.05) is 19.1 Å². The molecule has 164 valence electrons. The van der Waals surface area contributed by atoms with Gasteiger partial charge in [0, 0.05) is 43.6 Å². The van der Waals surface area contributed by atoms with Crippen molar-refractivity contribution in [3.63, 3.8) is 0 Å². The number of ether oxygens (including phenoxy) is 1. The first-order valence-electron chi connectivity index (χ1n) is 10.9. The number of carbonyl (C=O) groups is 1. The molecule has 0 saturated carbocycles. The van der Waals surface area contributed by atoms with Gasteiger partial charge < -0.3 is 20.5 Å². The third-order valence-electron chi connectivity index (χ3n) is 5.75. The summed E-state index contributed by atoms with van der Waals surface area (Å²) >= 11 is 0. The van der Waals surface area contributed by atoms with Crippen LogP contribution in [0.4, 0.5) is 5.69 Å². The van der Waals surface area contributed by atoms with Crippen molar-refractivity contribution < 1.29 is 14.6 Å². The van der Waals surface area contributed by atoms with Gasteiger partial charge in [-0.15, -0.1) is 0 Å². The number of benzene rings is 1.